The Kier molecular flexibility index (Phi) is 3.08. The van der Waals surface area contributed by atoms with Crippen LogP contribution in [-0.4, -0.2) is 18.6 Å². The number of nitrogens with zero attached hydrogens (tertiary/aromatic N) is 2. The van der Waals surface area contributed by atoms with Crippen molar-refractivity contribution in [3.05, 3.63) is 29.8 Å². The van der Waals surface area contributed by atoms with Gasteiger partial charge >= 0.3 is 0 Å². The summed E-state index contributed by atoms with van der Waals surface area (Å²) in [5.74, 6) is -0.512. The Morgan fingerprint density at radius 2 is 2.05 bits per heavy atom. The van der Waals surface area contributed by atoms with Crippen molar-refractivity contribution in [1.29, 1.82) is 0 Å². The minimum Gasteiger partial charge on any atom is -0.334 e. The molecule has 1 aromatic carbocycles. The quantitative estimate of drug-likeness (QED) is 0.866. The van der Waals surface area contributed by atoms with E-state index in [4.69, 9.17) is 15.4 Å². The predicted octanol–water partition coefficient (Wildman–Crippen LogP) is 0.861. The smallest absolute Gasteiger partial charge is 0.258 e. The molecule has 0 radical (unpaired) electrons. The van der Waals surface area contributed by atoms with Crippen molar-refractivity contribution in [2.24, 2.45) is 10.9 Å². The Balaban J connectivity index is 1.96. The zero-order valence-electron chi connectivity index (χ0n) is 10.9. The third-order valence-corrected chi connectivity index (χ3v) is 4.55. The van der Waals surface area contributed by atoms with E-state index in [-0.39, 0.29) is 11.5 Å². The maximum absolute atomic E-state index is 13.8. The van der Waals surface area contributed by atoms with E-state index in [0.717, 1.165) is 31.4 Å². The maximum Gasteiger partial charge on any atom is 0.258 e. The summed E-state index contributed by atoms with van der Waals surface area (Å²) in [4.78, 5) is 3.57. The van der Waals surface area contributed by atoms with Gasteiger partial charge in [0.05, 0.1) is 5.54 Å². The molecule has 0 saturated heterocycles. The van der Waals surface area contributed by atoms with Crippen LogP contribution in [0, 0.1) is 5.82 Å². The third-order valence-electron chi connectivity index (χ3n) is 3.60. The minimum absolute atomic E-state index is 0.0848. The lowest BCUT2D eigenvalue weighted by atomic mass is 9.77. The standard InChI is InChI=1S/C12H13FN4O3S/c13-8-6-7(2-3-9(8)21(15,18)19)10-16-11(17-20-10)12(14)4-1-5-12/h2-3,6H,1,4-5,14H2,(H2,15,18,19). The molecule has 1 fully saturated rings. The Bertz CT molecular complexity index is 799. The fourth-order valence-corrected chi connectivity index (χ4v) is 2.78. The summed E-state index contributed by atoms with van der Waals surface area (Å²) in [5.41, 5.74) is 5.75. The normalized spacial score (nSPS) is 17.5. The molecule has 0 atom stereocenters. The zero-order chi connectivity index (χ0) is 15.3. The predicted molar refractivity (Wildman–Crippen MR) is 70.8 cm³/mol. The van der Waals surface area contributed by atoms with Crippen LogP contribution in [0.3, 0.4) is 0 Å². The molecule has 9 heteroatoms. The van der Waals surface area contributed by atoms with Crippen molar-refractivity contribution >= 4 is 10.0 Å². The topological polar surface area (TPSA) is 125 Å². The summed E-state index contributed by atoms with van der Waals surface area (Å²) in [7, 11) is -4.11. The summed E-state index contributed by atoms with van der Waals surface area (Å²) in [6.07, 6.45) is 2.54. The van der Waals surface area contributed by atoms with E-state index < -0.39 is 26.3 Å². The minimum atomic E-state index is -4.11. The molecule has 1 aromatic heterocycles. The molecule has 21 heavy (non-hydrogen) atoms. The van der Waals surface area contributed by atoms with Crippen molar-refractivity contribution in [2.75, 3.05) is 0 Å². The highest BCUT2D eigenvalue weighted by Gasteiger charge is 2.39. The van der Waals surface area contributed by atoms with Crippen LogP contribution in [0.25, 0.3) is 11.5 Å². The lowest BCUT2D eigenvalue weighted by Gasteiger charge is -2.34. The van der Waals surface area contributed by atoms with Crippen LogP contribution < -0.4 is 10.9 Å². The van der Waals surface area contributed by atoms with Gasteiger partial charge in [-0.2, -0.15) is 4.98 Å². The molecule has 0 aliphatic heterocycles. The fourth-order valence-electron chi connectivity index (χ4n) is 2.19. The molecule has 7 nitrogen and oxygen atoms in total. The van der Waals surface area contributed by atoms with E-state index in [2.05, 4.69) is 10.1 Å². The molecule has 1 heterocycles. The molecular formula is C12H13FN4O3S. The molecule has 1 aliphatic rings. The van der Waals surface area contributed by atoms with Crippen molar-refractivity contribution in [3.8, 4) is 11.5 Å². The van der Waals surface area contributed by atoms with Gasteiger partial charge in [-0.05, 0) is 37.5 Å². The van der Waals surface area contributed by atoms with Crippen LogP contribution in [0.15, 0.2) is 27.6 Å². The van der Waals surface area contributed by atoms with Crippen molar-refractivity contribution in [2.45, 2.75) is 29.7 Å². The highest BCUT2D eigenvalue weighted by molar-refractivity contribution is 7.89. The summed E-state index contributed by atoms with van der Waals surface area (Å²) in [6.45, 7) is 0. The monoisotopic (exact) mass is 312 g/mol. The van der Waals surface area contributed by atoms with Crippen LogP contribution in [0.4, 0.5) is 4.39 Å². The summed E-state index contributed by atoms with van der Waals surface area (Å²) >= 11 is 0. The maximum atomic E-state index is 13.8. The Hall–Kier alpha value is -1.84. The van der Waals surface area contributed by atoms with E-state index in [0.29, 0.717) is 5.82 Å². The lowest BCUT2D eigenvalue weighted by molar-refractivity contribution is 0.229. The number of aromatic nitrogens is 2. The molecule has 0 bridgehead atoms. The number of hydrogen-bond donors (Lipinski definition) is 2. The van der Waals surface area contributed by atoms with Gasteiger partial charge in [-0.3, -0.25) is 0 Å². The molecule has 1 saturated carbocycles. The van der Waals surface area contributed by atoms with Gasteiger partial charge in [0, 0.05) is 5.56 Å². The second-order valence-corrected chi connectivity index (χ2v) is 6.65. The van der Waals surface area contributed by atoms with Gasteiger partial charge in [0.15, 0.2) is 5.82 Å². The number of rotatable bonds is 3. The van der Waals surface area contributed by atoms with E-state index in [1.165, 1.54) is 6.07 Å². The summed E-state index contributed by atoms with van der Waals surface area (Å²) in [5, 5.41) is 8.71. The van der Waals surface area contributed by atoms with Gasteiger partial charge in [-0.1, -0.05) is 5.16 Å². The summed E-state index contributed by atoms with van der Waals surface area (Å²) in [6, 6.07) is 3.40. The van der Waals surface area contributed by atoms with Gasteiger partial charge in [0.25, 0.3) is 5.89 Å². The number of hydrogen-bond acceptors (Lipinski definition) is 6. The van der Waals surface area contributed by atoms with E-state index in [9.17, 15) is 12.8 Å². The van der Waals surface area contributed by atoms with Crippen LogP contribution in [-0.2, 0) is 15.6 Å². The van der Waals surface area contributed by atoms with Crippen LogP contribution in [0.5, 0.6) is 0 Å². The first-order valence-corrected chi connectivity index (χ1v) is 7.80. The molecule has 0 unspecified atom stereocenters. The van der Waals surface area contributed by atoms with E-state index in [1.807, 2.05) is 0 Å². The largest absolute Gasteiger partial charge is 0.334 e. The molecule has 4 N–H and O–H groups in total. The number of primary sulfonamides is 1. The molecule has 1 aliphatic carbocycles. The summed E-state index contributed by atoms with van der Waals surface area (Å²) < 4.78 is 41.1. The molecule has 0 amide bonds. The number of sulfonamides is 1. The number of benzene rings is 1. The van der Waals surface area contributed by atoms with Gasteiger partial charge in [0.2, 0.25) is 10.0 Å². The average Bonchev–Trinajstić information content (AvgIpc) is 2.84. The molecule has 2 aromatic rings. The third kappa shape index (κ3) is 2.43. The SMILES string of the molecule is NC1(c2noc(-c3ccc(S(N)(=O)=O)c(F)c3)n2)CCC1. The zero-order valence-corrected chi connectivity index (χ0v) is 11.7. The van der Waals surface area contributed by atoms with E-state index in [1.54, 1.807) is 0 Å². The van der Waals surface area contributed by atoms with Gasteiger partial charge in [0.1, 0.15) is 10.7 Å². The van der Waals surface area contributed by atoms with Crippen molar-refractivity contribution < 1.29 is 17.3 Å². The van der Waals surface area contributed by atoms with Crippen molar-refractivity contribution in [1.82, 2.24) is 10.1 Å². The van der Waals surface area contributed by atoms with Gasteiger partial charge in [-0.15, -0.1) is 0 Å². The number of halogens is 1. The molecule has 3 rings (SSSR count). The Morgan fingerprint density at radius 1 is 1.33 bits per heavy atom. The lowest BCUT2D eigenvalue weighted by Crippen LogP contribution is -2.44. The molecule has 112 valence electrons. The highest BCUT2D eigenvalue weighted by atomic mass is 32.2. The van der Waals surface area contributed by atoms with Crippen LogP contribution >= 0.6 is 0 Å². The average molecular weight is 312 g/mol. The van der Waals surface area contributed by atoms with Crippen molar-refractivity contribution in [3.63, 3.8) is 0 Å². The molecule has 0 spiro atoms. The Labute approximate surface area is 120 Å². The van der Waals surface area contributed by atoms with E-state index >= 15 is 0 Å². The second kappa shape index (κ2) is 4.58. The molecular weight excluding hydrogens is 299 g/mol. The van der Waals surface area contributed by atoms with Crippen LogP contribution in [0.2, 0.25) is 0 Å². The number of nitrogens with two attached hydrogens (primary N) is 2. The first-order valence-electron chi connectivity index (χ1n) is 6.25. The first kappa shape index (κ1) is 14.1. The highest BCUT2D eigenvalue weighted by Crippen LogP contribution is 2.37. The van der Waals surface area contributed by atoms with Gasteiger partial charge in [-0.25, -0.2) is 17.9 Å². The second-order valence-electron chi connectivity index (χ2n) is 5.12. The fraction of sp³-hybridized carbons (Fsp3) is 0.333. The Morgan fingerprint density at radius 3 is 2.57 bits per heavy atom. The van der Waals surface area contributed by atoms with Gasteiger partial charge < -0.3 is 10.3 Å². The first-order chi connectivity index (χ1) is 9.79. The van der Waals surface area contributed by atoms with Crippen LogP contribution in [0.1, 0.15) is 25.1 Å².